The minimum Gasteiger partial charge on any atom is -0.453 e. The molecule has 1 amide bonds. The number of benzene rings is 3. The lowest BCUT2D eigenvalue weighted by atomic mass is 9.81. The van der Waals surface area contributed by atoms with Crippen LogP contribution in [0.2, 0.25) is 0 Å². The number of sulfonamides is 1. The molecule has 4 rings (SSSR count). The lowest BCUT2D eigenvalue weighted by Gasteiger charge is -2.32. The molecule has 0 aliphatic heterocycles. The Morgan fingerprint density at radius 2 is 1.49 bits per heavy atom. The molecule has 286 valence electrons. The van der Waals surface area contributed by atoms with Gasteiger partial charge in [-0.05, 0) is 53.3 Å². The molecule has 3 atom stereocenters. The van der Waals surface area contributed by atoms with E-state index in [2.05, 4.69) is 5.32 Å². The summed E-state index contributed by atoms with van der Waals surface area (Å²) in [6, 6.07) is 19.7. The van der Waals surface area contributed by atoms with Crippen molar-refractivity contribution in [2.75, 3.05) is 26.0 Å². The number of ketones is 1. The van der Waals surface area contributed by atoms with Crippen molar-refractivity contribution in [1.29, 1.82) is 0 Å². The maximum absolute atomic E-state index is 15.0. The lowest BCUT2D eigenvalue weighted by molar-refractivity contribution is -0.156. The predicted octanol–water partition coefficient (Wildman–Crippen LogP) is 7.79. The minimum absolute atomic E-state index is 0.0140. The van der Waals surface area contributed by atoms with Crippen LogP contribution in [0.5, 0.6) is 0 Å². The summed E-state index contributed by atoms with van der Waals surface area (Å²) in [6.07, 6.45) is -6.79. The number of aliphatic hydroxyl groups excluding tert-OH is 1. The van der Waals surface area contributed by atoms with Crippen LogP contribution >= 0.6 is 11.3 Å². The molecule has 1 aromatic heterocycles. The molecule has 9 nitrogen and oxygen atoms in total. The number of anilines is 1. The number of carbonyl (C=O) groups is 2. The second kappa shape index (κ2) is 17.2. The first-order valence-electron chi connectivity index (χ1n) is 16.7. The topological polar surface area (TPSA) is 139 Å². The maximum Gasteiger partial charge on any atom is 0.407 e. The van der Waals surface area contributed by atoms with Crippen LogP contribution in [0.1, 0.15) is 72.4 Å². The van der Waals surface area contributed by atoms with Gasteiger partial charge in [-0.2, -0.15) is 17.5 Å². The van der Waals surface area contributed by atoms with Gasteiger partial charge in [-0.25, -0.2) is 17.6 Å². The number of nitrogens with zero attached hydrogens (tertiary/aromatic N) is 1. The Hall–Kier alpha value is -4.31. The van der Waals surface area contributed by atoms with E-state index in [1.165, 1.54) is 12.1 Å². The summed E-state index contributed by atoms with van der Waals surface area (Å²) in [4.78, 5) is 25.7. The van der Waals surface area contributed by atoms with E-state index < -0.39 is 81.2 Å². The fourth-order valence-electron chi connectivity index (χ4n) is 5.94. The largest absolute Gasteiger partial charge is 0.453 e. The fourth-order valence-corrected chi connectivity index (χ4v) is 8.89. The van der Waals surface area contributed by atoms with Gasteiger partial charge < -0.3 is 20.9 Å². The summed E-state index contributed by atoms with van der Waals surface area (Å²) in [7, 11) is -3.58. The van der Waals surface area contributed by atoms with E-state index in [1.807, 2.05) is 20.8 Å². The number of nitrogens with one attached hydrogen (secondary N) is 1. The Kier molecular flexibility index (Phi) is 13.5. The number of aliphatic hydroxyl groups is 1. The summed E-state index contributed by atoms with van der Waals surface area (Å²) in [5, 5.41) is 13.0. The van der Waals surface area contributed by atoms with E-state index in [-0.39, 0.29) is 28.4 Å². The third-order valence-electron chi connectivity index (χ3n) is 8.72. The number of ether oxygens (including phenoxy) is 1. The van der Waals surface area contributed by atoms with E-state index in [1.54, 1.807) is 60.7 Å². The standard InChI is InChI=1S/C38H43F4N3O6S2/c1-37(2,3)19-20-45(53(49,50)33-18-15-26(43)21-28(33)39)29(23-46)32-17-16-31(52-32)27(38(40,41)42)22-30(47)35(44-36(48)51-4)34(24-11-7-5-8-12-24)25-13-9-6-10-14-25/h5-18,21,27,29,34-35,46H,19-20,22-23,43H2,1-4H3,(H,44,48)/t27-,29-,35-/m1/s1. The predicted molar refractivity (Wildman–Crippen MR) is 195 cm³/mol. The Bertz CT molecular complexity index is 1910. The molecule has 0 saturated heterocycles. The van der Waals surface area contributed by atoms with Crippen LogP contribution in [0.3, 0.4) is 0 Å². The van der Waals surface area contributed by atoms with Crippen molar-refractivity contribution in [3.8, 4) is 0 Å². The first-order valence-corrected chi connectivity index (χ1v) is 18.9. The summed E-state index contributed by atoms with van der Waals surface area (Å²) in [6.45, 7) is 4.53. The molecule has 0 unspecified atom stereocenters. The highest BCUT2D eigenvalue weighted by Gasteiger charge is 2.46. The minimum atomic E-state index is -4.96. The summed E-state index contributed by atoms with van der Waals surface area (Å²) in [5.74, 6) is -5.30. The number of hydrogen-bond donors (Lipinski definition) is 3. The Labute approximate surface area is 310 Å². The van der Waals surface area contributed by atoms with Crippen LogP contribution in [0, 0.1) is 11.2 Å². The third kappa shape index (κ3) is 10.4. The number of halogens is 4. The van der Waals surface area contributed by atoms with Gasteiger partial charge in [0.05, 0.1) is 25.7 Å². The van der Waals surface area contributed by atoms with Gasteiger partial charge in [-0.1, -0.05) is 81.4 Å². The van der Waals surface area contributed by atoms with Gasteiger partial charge in [0.15, 0.2) is 5.78 Å². The van der Waals surface area contributed by atoms with Crippen molar-refractivity contribution in [1.82, 2.24) is 9.62 Å². The number of methoxy groups -OCH3 is 1. The van der Waals surface area contributed by atoms with Gasteiger partial charge in [0.2, 0.25) is 10.0 Å². The van der Waals surface area contributed by atoms with E-state index in [0.29, 0.717) is 22.5 Å². The average molecular weight is 778 g/mol. The zero-order valence-corrected chi connectivity index (χ0v) is 31.3. The van der Waals surface area contributed by atoms with Gasteiger partial charge in [-0.3, -0.25) is 4.79 Å². The Morgan fingerprint density at radius 1 is 0.925 bits per heavy atom. The van der Waals surface area contributed by atoms with Gasteiger partial charge in [0.25, 0.3) is 0 Å². The highest BCUT2D eigenvalue weighted by molar-refractivity contribution is 7.89. The van der Waals surface area contributed by atoms with Gasteiger partial charge in [0.1, 0.15) is 16.8 Å². The molecule has 0 spiro atoms. The number of Topliss-reactive ketones (excluding diaryl/α,β-unsaturated/α-hetero) is 1. The number of thiophene rings is 1. The number of amides is 1. The number of nitrogens with two attached hydrogens (primary N) is 1. The molecule has 0 aliphatic carbocycles. The van der Waals surface area contributed by atoms with Crippen molar-refractivity contribution in [2.24, 2.45) is 5.41 Å². The van der Waals surface area contributed by atoms with E-state index in [4.69, 9.17) is 10.5 Å². The normalized spacial score (nSPS) is 14.2. The molecular weight excluding hydrogens is 735 g/mol. The second-order valence-electron chi connectivity index (χ2n) is 13.7. The number of alkyl halides is 3. The van der Waals surface area contributed by atoms with Crippen LogP contribution in [-0.2, 0) is 19.6 Å². The molecule has 4 aromatic rings. The van der Waals surface area contributed by atoms with Crippen LogP contribution in [0.4, 0.5) is 28.0 Å². The van der Waals surface area contributed by atoms with Crippen molar-refractivity contribution in [3.05, 3.63) is 118 Å². The maximum atomic E-state index is 15.0. The van der Waals surface area contributed by atoms with Crippen LogP contribution in [-0.4, -0.2) is 62.2 Å². The molecule has 3 aromatic carbocycles. The van der Waals surface area contributed by atoms with Gasteiger partial charge in [0, 0.05) is 34.3 Å². The number of nitrogen functional groups attached to an aromatic ring is 1. The average Bonchev–Trinajstić information content (AvgIpc) is 3.57. The van der Waals surface area contributed by atoms with Crippen molar-refractivity contribution < 1.29 is 45.4 Å². The van der Waals surface area contributed by atoms with E-state index in [0.717, 1.165) is 29.6 Å². The van der Waals surface area contributed by atoms with Crippen molar-refractivity contribution >= 4 is 38.9 Å². The Morgan fingerprint density at radius 3 is 1.98 bits per heavy atom. The van der Waals surface area contributed by atoms with E-state index in [9.17, 15) is 36.3 Å². The monoisotopic (exact) mass is 777 g/mol. The molecule has 4 N–H and O–H groups in total. The number of alkyl carbamates (subject to hydrolysis) is 1. The molecule has 0 saturated carbocycles. The summed E-state index contributed by atoms with van der Waals surface area (Å²) in [5.41, 5.74) is 6.34. The zero-order chi connectivity index (χ0) is 39.1. The summed E-state index contributed by atoms with van der Waals surface area (Å²) >= 11 is 0.589. The molecular formula is C38H43F4N3O6S2. The molecule has 1 heterocycles. The lowest BCUT2D eigenvalue weighted by Crippen LogP contribution is -2.46. The molecule has 0 aliphatic rings. The molecule has 0 radical (unpaired) electrons. The third-order valence-corrected chi connectivity index (χ3v) is 12.0. The second-order valence-corrected chi connectivity index (χ2v) is 16.7. The van der Waals surface area contributed by atoms with Crippen molar-refractivity contribution in [3.63, 3.8) is 0 Å². The SMILES string of the molecule is COC(=O)N[C@H](C(=O)C[C@H](c1ccc([C@@H](CO)N(CCC(C)(C)C)S(=O)(=O)c2ccc(N)cc2F)s1)C(F)(F)F)C(c1ccccc1)c1ccccc1. The highest BCUT2D eigenvalue weighted by Crippen LogP contribution is 2.44. The van der Waals surface area contributed by atoms with Gasteiger partial charge >= 0.3 is 12.3 Å². The number of rotatable bonds is 15. The quantitative estimate of drug-likeness (QED) is 0.0828. The van der Waals surface area contributed by atoms with Crippen LogP contribution in [0.15, 0.2) is 95.9 Å². The molecule has 15 heteroatoms. The number of hydrogen-bond acceptors (Lipinski definition) is 8. The molecule has 0 fully saturated rings. The van der Waals surface area contributed by atoms with Gasteiger partial charge in [-0.15, -0.1) is 11.3 Å². The first kappa shape index (κ1) is 41.4. The smallest absolute Gasteiger partial charge is 0.407 e. The molecule has 53 heavy (non-hydrogen) atoms. The summed E-state index contributed by atoms with van der Waals surface area (Å²) < 4.78 is 93.4. The highest BCUT2D eigenvalue weighted by atomic mass is 32.2. The Balaban J connectivity index is 1.76. The zero-order valence-electron chi connectivity index (χ0n) is 29.6. The van der Waals surface area contributed by atoms with Crippen molar-refractivity contribution in [2.45, 2.75) is 68.6 Å². The number of carbonyl (C=O) groups excluding carboxylic acids is 2. The first-order chi connectivity index (χ1) is 24.9. The van der Waals surface area contributed by atoms with E-state index >= 15 is 4.39 Å². The van der Waals surface area contributed by atoms with Crippen LogP contribution in [0.25, 0.3) is 0 Å². The van der Waals surface area contributed by atoms with Crippen LogP contribution < -0.4 is 11.1 Å². The molecule has 0 bridgehead atoms. The fraction of sp³-hybridized carbons (Fsp3) is 0.368.